The van der Waals surface area contributed by atoms with Gasteiger partial charge in [0.1, 0.15) is 0 Å². The van der Waals surface area contributed by atoms with Gasteiger partial charge in [-0.15, -0.1) is 0 Å². The summed E-state index contributed by atoms with van der Waals surface area (Å²) in [6.45, 7) is 1.97. The number of hydrogen-bond donors (Lipinski definition) is 2. The van der Waals surface area contributed by atoms with E-state index in [4.69, 9.17) is 0 Å². The Bertz CT molecular complexity index is 780. The summed E-state index contributed by atoms with van der Waals surface area (Å²) in [4.78, 5) is 19.5. The number of rotatable bonds is 3. The van der Waals surface area contributed by atoms with E-state index in [2.05, 4.69) is 31.2 Å². The number of nitrogens with one attached hydrogen (secondary N) is 2. The largest absolute Gasteiger partial charge is 0.346 e. The standard InChI is InChI=1S/C16H14BrN3O/c1-10(11-2-5-13(17)6-3-11)20-16(21)12-4-7-14-15(8-12)19-9-18-14/h2-10H,1H3,(H,18,19)(H,20,21)/t10-/m0/s1. The first kappa shape index (κ1) is 13.8. The Morgan fingerprint density at radius 3 is 2.76 bits per heavy atom. The molecule has 0 spiro atoms. The molecular weight excluding hydrogens is 330 g/mol. The van der Waals surface area contributed by atoms with Gasteiger partial charge in [-0.05, 0) is 42.8 Å². The number of halogens is 1. The molecule has 4 nitrogen and oxygen atoms in total. The summed E-state index contributed by atoms with van der Waals surface area (Å²) in [6.07, 6.45) is 1.62. The van der Waals surface area contributed by atoms with Gasteiger partial charge >= 0.3 is 0 Å². The molecule has 1 amide bonds. The molecule has 1 heterocycles. The molecule has 0 fully saturated rings. The van der Waals surface area contributed by atoms with E-state index in [1.807, 2.05) is 43.3 Å². The fourth-order valence-electron chi connectivity index (χ4n) is 2.19. The molecule has 0 aliphatic carbocycles. The summed E-state index contributed by atoms with van der Waals surface area (Å²) in [5, 5.41) is 3.00. The highest BCUT2D eigenvalue weighted by molar-refractivity contribution is 9.10. The van der Waals surface area contributed by atoms with Crippen LogP contribution in [0.15, 0.2) is 53.3 Å². The Morgan fingerprint density at radius 1 is 1.24 bits per heavy atom. The van der Waals surface area contributed by atoms with Crippen LogP contribution < -0.4 is 5.32 Å². The lowest BCUT2D eigenvalue weighted by Crippen LogP contribution is -2.26. The van der Waals surface area contributed by atoms with E-state index in [9.17, 15) is 4.79 Å². The van der Waals surface area contributed by atoms with E-state index in [1.54, 1.807) is 12.4 Å². The molecule has 2 aromatic carbocycles. The highest BCUT2D eigenvalue weighted by Crippen LogP contribution is 2.18. The van der Waals surface area contributed by atoms with Crippen molar-refractivity contribution in [2.75, 3.05) is 0 Å². The number of imidazole rings is 1. The summed E-state index contributed by atoms with van der Waals surface area (Å²) in [7, 11) is 0. The Morgan fingerprint density at radius 2 is 2.00 bits per heavy atom. The fraction of sp³-hybridized carbons (Fsp3) is 0.125. The molecule has 5 heteroatoms. The van der Waals surface area contributed by atoms with Crippen LogP contribution in [0.3, 0.4) is 0 Å². The number of carbonyl (C=O) groups excluding carboxylic acids is 1. The lowest BCUT2D eigenvalue weighted by molar-refractivity contribution is 0.0940. The Hall–Kier alpha value is -2.14. The molecule has 0 saturated carbocycles. The van der Waals surface area contributed by atoms with E-state index in [1.165, 1.54) is 0 Å². The van der Waals surface area contributed by atoms with Gasteiger partial charge in [0.2, 0.25) is 0 Å². The molecule has 0 bridgehead atoms. The highest BCUT2D eigenvalue weighted by Gasteiger charge is 2.12. The van der Waals surface area contributed by atoms with Crippen molar-refractivity contribution in [3.05, 3.63) is 64.4 Å². The van der Waals surface area contributed by atoms with Gasteiger partial charge in [-0.2, -0.15) is 0 Å². The maximum absolute atomic E-state index is 12.3. The molecule has 3 rings (SSSR count). The number of hydrogen-bond acceptors (Lipinski definition) is 2. The highest BCUT2D eigenvalue weighted by atomic mass is 79.9. The average Bonchev–Trinajstić information content (AvgIpc) is 2.95. The third-order valence-electron chi connectivity index (χ3n) is 3.40. The molecule has 2 N–H and O–H groups in total. The Labute approximate surface area is 130 Å². The Kier molecular flexibility index (Phi) is 3.75. The Balaban J connectivity index is 1.77. The zero-order chi connectivity index (χ0) is 14.8. The number of H-pyrrole nitrogens is 1. The van der Waals surface area contributed by atoms with Gasteiger partial charge < -0.3 is 10.3 Å². The molecule has 0 unspecified atom stereocenters. The maximum atomic E-state index is 12.3. The minimum atomic E-state index is -0.0954. The van der Waals surface area contributed by atoms with E-state index >= 15 is 0 Å². The minimum absolute atomic E-state index is 0.0527. The number of aromatic amines is 1. The van der Waals surface area contributed by atoms with Crippen molar-refractivity contribution in [3.63, 3.8) is 0 Å². The molecule has 0 radical (unpaired) electrons. The summed E-state index contributed by atoms with van der Waals surface area (Å²) in [5.74, 6) is -0.0954. The number of aromatic nitrogens is 2. The monoisotopic (exact) mass is 343 g/mol. The zero-order valence-electron chi connectivity index (χ0n) is 11.4. The SMILES string of the molecule is C[C@H](NC(=O)c1ccc2nc[nH]c2c1)c1ccc(Br)cc1. The normalized spacial score (nSPS) is 12.3. The molecule has 3 aromatic rings. The second kappa shape index (κ2) is 5.69. The van der Waals surface area contributed by atoms with Crippen molar-refractivity contribution in [1.82, 2.24) is 15.3 Å². The fourth-order valence-corrected chi connectivity index (χ4v) is 2.46. The molecule has 1 aromatic heterocycles. The van der Waals surface area contributed by atoms with E-state index in [0.717, 1.165) is 21.1 Å². The van der Waals surface area contributed by atoms with Gasteiger partial charge in [-0.3, -0.25) is 4.79 Å². The van der Waals surface area contributed by atoms with Crippen molar-refractivity contribution in [3.8, 4) is 0 Å². The first-order chi connectivity index (χ1) is 10.1. The van der Waals surface area contributed by atoms with Crippen molar-refractivity contribution >= 4 is 32.9 Å². The summed E-state index contributed by atoms with van der Waals surface area (Å²) >= 11 is 3.40. The molecule has 21 heavy (non-hydrogen) atoms. The smallest absolute Gasteiger partial charge is 0.251 e. The van der Waals surface area contributed by atoms with E-state index < -0.39 is 0 Å². The van der Waals surface area contributed by atoms with Gasteiger partial charge in [0.15, 0.2) is 0 Å². The average molecular weight is 344 g/mol. The quantitative estimate of drug-likeness (QED) is 0.759. The molecule has 0 aliphatic rings. The third kappa shape index (κ3) is 2.97. The van der Waals surface area contributed by atoms with Crippen LogP contribution in [0.25, 0.3) is 11.0 Å². The summed E-state index contributed by atoms with van der Waals surface area (Å²) in [5.41, 5.74) is 3.40. The summed E-state index contributed by atoms with van der Waals surface area (Å²) in [6, 6.07) is 13.3. The van der Waals surface area contributed by atoms with Crippen LogP contribution in [0, 0.1) is 0 Å². The number of amides is 1. The number of carbonyl (C=O) groups is 1. The van der Waals surface area contributed by atoms with Gasteiger partial charge in [0, 0.05) is 10.0 Å². The van der Waals surface area contributed by atoms with E-state index in [-0.39, 0.29) is 11.9 Å². The van der Waals surface area contributed by atoms with E-state index in [0.29, 0.717) is 5.56 Å². The predicted molar refractivity (Wildman–Crippen MR) is 86.1 cm³/mol. The van der Waals surface area contributed by atoms with Gasteiger partial charge in [-0.25, -0.2) is 4.98 Å². The van der Waals surface area contributed by atoms with Gasteiger partial charge in [-0.1, -0.05) is 28.1 Å². The molecule has 0 aliphatic heterocycles. The van der Waals surface area contributed by atoms with Crippen LogP contribution in [0.4, 0.5) is 0 Å². The van der Waals surface area contributed by atoms with Crippen LogP contribution in [0.5, 0.6) is 0 Å². The second-order valence-electron chi connectivity index (χ2n) is 4.88. The molecule has 1 atom stereocenters. The molecule has 0 saturated heterocycles. The van der Waals surface area contributed by atoms with Crippen molar-refractivity contribution in [2.24, 2.45) is 0 Å². The zero-order valence-corrected chi connectivity index (χ0v) is 13.0. The maximum Gasteiger partial charge on any atom is 0.251 e. The van der Waals surface area contributed by atoms with Crippen LogP contribution in [-0.2, 0) is 0 Å². The predicted octanol–water partition coefficient (Wildman–Crippen LogP) is 3.82. The van der Waals surface area contributed by atoms with Gasteiger partial charge in [0.05, 0.1) is 23.4 Å². The number of nitrogens with zero attached hydrogens (tertiary/aromatic N) is 1. The van der Waals surface area contributed by atoms with Crippen LogP contribution >= 0.6 is 15.9 Å². The first-order valence-electron chi connectivity index (χ1n) is 6.63. The van der Waals surface area contributed by atoms with Gasteiger partial charge in [0.25, 0.3) is 5.91 Å². The topological polar surface area (TPSA) is 57.8 Å². The lowest BCUT2D eigenvalue weighted by atomic mass is 10.1. The van der Waals surface area contributed by atoms with Crippen LogP contribution in [0.2, 0.25) is 0 Å². The molecule has 106 valence electrons. The minimum Gasteiger partial charge on any atom is -0.346 e. The number of benzene rings is 2. The van der Waals surface area contributed by atoms with Crippen molar-refractivity contribution < 1.29 is 4.79 Å². The summed E-state index contributed by atoms with van der Waals surface area (Å²) < 4.78 is 1.02. The van der Waals surface area contributed by atoms with Crippen molar-refractivity contribution in [1.29, 1.82) is 0 Å². The first-order valence-corrected chi connectivity index (χ1v) is 7.42. The van der Waals surface area contributed by atoms with Crippen LogP contribution in [-0.4, -0.2) is 15.9 Å². The van der Waals surface area contributed by atoms with Crippen molar-refractivity contribution in [2.45, 2.75) is 13.0 Å². The van der Waals surface area contributed by atoms with Crippen LogP contribution in [0.1, 0.15) is 28.9 Å². The lowest BCUT2D eigenvalue weighted by Gasteiger charge is -2.14. The molecular formula is C16H14BrN3O. The third-order valence-corrected chi connectivity index (χ3v) is 3.93. The second-order valence-corrected chi connectivity index (χ2v) is 5.80. The number of fused-ring (bicyclic) bond motifs is 1.